The second-order valence-corrected chi connectivity index (χ2v) is 7.82. The Balaban J connectivity index is 1.41. The highest BCUT2D eigenvalue weighted by Gasteiger charge is 2.38. The maximum Gasteiger partial charge on any atom is 0.237 e. The molecule has 0 spiro atoms. The molecule has 1 N–H and O–H groups in total. The van der Waals surface area contributed by atoms with Crippen LogP contribution in [0.3, 0.4) is 0 Å². The van der Waals surface area contributed by atoms with E-state index in [0.717, 1.165) is 19.4 Å². The Hall–Kier alpha value is -2.67. The number of rotatable bonds is 7. The Labute approximate surface area is 171 Å². The molecule has 154 valence electrons. The molecule has 1 fully saturated rings. The molecule has 2 amide bonds. The molecule has 2 heterocycles. The van der Waals surface area contributed by atoms with Gasteiger partial charge in [-0.3, -0.25) is 19.2 Å². The van der Waals surface area contributed by atoms with Crippen LogP contribution in [0.2, 0.25) is 0 Å². The average Bonchev–Trinajstić information content (AvgIpc) is 3.39. The number of carbonyl (C=O) groups is 2. The summed E-state index contributed by atoms with van der Waals surface area (Å²) < 4.78 is 1.82. The van der Waals surface area contributed by atoms with E-state index >= 15 is 0 Å². The van der Waals surface area contributed by atoms with Gasteiger partial charge in [-0.1, -0.05) is 24.3 Å². The van der Waals surface area contributed by atoms with Crippen LogP contribution < -0.4 is 5.32 Å². The van der Waals surface area contributed by atoms with Crippen molar-refractivity contribution in [3.63, 3.8) is 0 Å². The van der Waals surface area contributed by atoms with Crippen LogP contribution in [-0.2, 0) is 29.0 Å². The fourth-order valence-electron chi connectivity index (χ4n) is 4.56. The molecule has 0 radical (unpaired) electrons. The van der Waals surface area contributed by atoms with Crippen molar-refractivity contribution >= 4 is 11.8 Å². The van der Waals surface area contributed by atoms with Gasteiger partial charge in [0.05, 0.1) is 19.0 Å². The fraction of sp³-hybridized carbons (Fsp3) is 0.500. The Morgan fingerprint density at radius 3 is 2.66 bits per heavy atom. The normalized spacial score (nSPS) is 19.8. The van der Waals surface area contributed by atoms with Gasteiger partial charge in [0.2, 0.25) is 11.8 Å². The van der Waals surface area contributed by atoms with Gasteiger partial charge in [0.15, 0.2) is 0 Å². The zero-order valence-electron chi connectivity index (χ0n) is 17.0. The molecule has 1 saturated heterocycles. The highest BCUT2D eigenvalue weighted by molar-refractivity contribution is 5.89. The van der Waals surface area contributed by atoms with Crippen LogP contribution in [0.1, 0.15) is 24.5 Å². The Kier molecular flexibility index (Phi) is 5.94. The molecular formula is C22H29N5O2. The lowest BCUT2D eigenvalue weighted by Crippen LogP contribution is -2.60. The van der Waals surface area contributed by atoms with Gasteiger partial charge in [0.25, 0.3) is 0 Å². The van der Waals surface area contributed by atoms with Crippen molar-refractivity contribution in [2.45, 2.75) is 44.8 Å². The third-order valence-electron chi connectivity index (χ3n) is 6.13. The van der Waals surface area contributed by atoms with E-state index in [1.165, 1.54) is 11.1 Å². The van der Waals surface area contributed by atoms with E-state index in [4.69, 9.17) is 0 Å². The summed E-state index contributed by atoms with van der Waals surface area (Å²) in [4.78, 5) is 29.8. The summed E-state index contributed by atoms with van der Waals surface area (Å²) in [5, 5.41) is 7.16. The van der Waals surface area contributed by atoms with E-state index in [1.54, 1.807) is 6.20 Å². The van der Waals surface area contributed by atoms with Gasteiger partial charge >= 0.3 is 0 Å². The molecule has 1 aliphatic heterocycles. The maximum absolute atomic E-state index is 13.0. The van der Waals surface area contributed by atoms with Gasteiger partial charge in [-0.05, 0) is 37.0 Å². The molecule has 2 aromatic rings. The molecule has 29 heavy (non-hydrogen) atoms. The van der Waals surface area contributed by atoms with Gasteiger partial charge in [-0.15, -0.1) is 0 Å². The SMILES string of the molecule is CCN(CCn1cccn1)C(=O)CC1C(=O)NCCN1C1Cc2ccccc2C1. The second kappa shape index (κ2) is 8.78. The zero-order valence-corrected chi connectivity index (χ0v) is 17.0. The largest absolute Gasteiger partial charge is 0.353 e. The van der Waals surface area contributed by atoms with Crippen LogP contribution in [0.15, 0.2) is 42.7 Å². The minimum atomic E-state index is -0.394. The van der Waals surface area contributed by atoms with Gasteiger partial charge < -0.3 is 10.2 Å². The predicted molar refractivity (Wildman–Crippen MR) is 110 cm³/mol. The quantitative estimate of drug-likeness (QED) is 0.762. The van der Waals surface area contributed by atoms with Gasteiger partial charge in [-0.25, -0.2) is 0 Å². The number of hydrogen-bond donors (Lipinski definition) is 1. The summed E-state index contributed by atoms with van der Waals surface area (Å²) in [7, 11) is 0. The molecule has 1 aliphatic carbocycles. The highest BCUT2D eigenvalue weighted by atomic mass is 16.2. The lowest BCUT2D eigenvalue weighted by molar-refractivity contribution is -0.139. The van der Waals surface area contributed by atoms with Gasteiger partial charge in [-0.2, -0.15) is 5.10 Å². The first kappa shape index (κ1) is 19.6. The molecule has 7 nitrogen and oxygen atoms in total. The molecule has 2 aliphatic rings. The standard InChI is InChI=1S/C22H29N5O2/c1-2-25(12-13-26-10-5-8-24-26)21(28)16-20-22(29)23-9-11-27(20)19-14-17-6-3-4-7-18(17)15-19/h3-8,10,19-20H,2,9,11-16H2,1H3,(H,23,29). The molecule has 7 heteroatoms. The summed E-state index contributed by atoms with van der Waals surface area (Å²) in [6.45, 7) is 5.30. The van der Waals surface area contributed by atoms with Gasteiger partial charge in [0, 0.05) is 44.6 Å². The minimum Gasteiger partial charge on any atom is -0.353 e. The van der Waals surface area contributed by atoms with Gasteiger partial charge in [0.1, 0.15) is 0 Å². The van der Waals surface area contributed by atoms with Crippen LogP contribution in [0.25, 0.3) is 0 Å². The van der Waals surface area contributed by atoms with Crippen molar-refractivity contribution in [1.29, 1.82) is 0 Å². The number of fused-ring (bicyclic) bond motifs is 1. The molecular weight excluding hydrogens is 366 g/mol. The smallest absolute Gasteiger partial charge is 0.237 e. The van der Waals surface area contributed by atoms with Crippen LogP contribution in [0.5, 0.6) is 0 Å². The van der Waals surface area contributed by atoms with E-state index < -0.39 is 6.04 Å². The molecule has 0 bridgehead atoms. The molecule has 0 saturated carbocycles. The van der Waals surface area contributed by atoms with E-state index in [9.17, 15) is 9.59 Å². The van der Waals surface area contributed by atoms with Crippen molar-refractivity contribution in [3.8, 4) is 0 Å². The fourth-order valence-corrected chi connectivity index (χ4v) is 4.56. The monoisotopic (exact) mass is 395 g/mol. The van der Waals surface area contributed by atoms with E-state index in [2.05, 4.69) is 39.6 Å². The number of nitrogens with one attached hydrogen (secondary N) is 1. The molecule has 1 unspecified atom stereocenters. The summed E-state index contributed by atoms with van der Waals surface area (Å²) >= 11 is 0. The van der Waals surface area contributed by atoms with E-state index in [-0.39, 0.29) is 24.3 Å². The van der Waals surface area contributed by atoms with Crippen molar-refractivity contribution < 1.29 is 9.59 Å². The predicted octanol–water partition coefficient (Wildman–Crippen LogP) is 1.09. The van der Waals surface area contributed by atoms with Crippen molar-refractivity contribution in [2.24, 2.45) is 0 Å². The number of amides is 2. The van der Waals surface area contributed by atoms with Crippen LogP contribution in [0.4, 0.5) is 0 Å². The third-order valence-corrected chi connectivity index (χ3v) is 6.13. The summed E-state index contributed by atoms with van der Waals surface area (Å²) in [6.07, 6.45) is 5.76. The number of likely N-dealkylation sites (N-methyl/N-ethyl adjacent to an activating group) is 1. The first-order valence-electron chi connectivity index (χ1n) is 10.5. The van der Waals surface area contributed by atoms with E-state index in [0.29, 0.717) is 26.2 Å². The maximum atomic E-state index is 13.0. The first-order valence-corrected chi connectivity index (χ1v) is 10.5. The first-order chi connectivity index (χ1) is 14.2. The number of carbonyl (C=O) groups excluding carboxylic acids is 2. The topological polar surface area (TPSA) is 70.5 Å². The van der Waals surface area contributed by atoms with E-state index in [1.807, 2.05) is 28.8 Å². The molecule has 1 aromatic carbocycles. The molecule has 1 aromatic heterocycles. The van der Waals surface area contributed by atoms with Crippen LogP contribution in [0, 0.1) is 0 Å². The number of piperazine rings is 1. The third kappa shape index (κ3) is 4.34. The summed E-state index contributed by atoms with van der Waals surface area (Å²) in [5.41, 5.74) is 2.73. The Morgan fingerprint density at radius 2 is 2.00 bits per heavy atom. The minimum absolute atomic E-state index is 0.0244. The average molecular weight is 396 g/mol. The second-order valence-electron chi connectivity index (χ2n) is 7.82. The zero-order chi connectivity index (χ0) is 20.2. The van der Waals surface area contributed by atoms with Crippen molar-refractivity contribution in [1.82, 2.24) is 24.9 Å². The Morgan fingerprint density at radius 1 is 1.24 bits per heavy atom. The molecule has 4 rings (SSSR count). The lowest BCUT2D eigenvalue weighted by atomic mass is 10.0. The lowest BCUT2D eigenvalue weighted by Gasteiger charge is -2.39. The van der Waals surface area contributed by atoms with Crippen LogP contribution in [-0.4, -0.2) is 69.7 Å². The number of aromatic nitrogens is 2. The summed E-state index contributed by atoms with van der Waals surface area (Å²) in [6, 6.07) is 10.3. The van der Waals surface area contributed by atoms with Crippen molar-refractivity contribution in [2.75, 3.05) is 26.2 Å². The number of nitrogens with zero attached hydrogens (tertiary/aromatic N) is 4. The number of benzene rings is 1. The van der Waals surface area contributed by atoms with Crippen molar-refractivity contribution in [3.05, 3.63) is 53.9 Å². The Bertz CT molecular complexity index is 826. The number of hydrogen-bond acceptors (Lipinski definition) is 4. The highest BCUT2D eigenvalue weighted by Crippen LogP contribution is 2.28. The van der Waals surface area contributed by atoms with Crippen LogP contribution >= 0.6 is 0 Å². The summed E-state index contributed by atoms with van der Waals surface area (Å²) in [5.74, 6) is 0.00547. The molecule has 1 atom stereocenters.